The molecule has 1 aromatic carbocycles. The van der Waals surface area contributed by atoms with Crippen molar-refractivity contribution in [2.24, 2.45) is 0 Å². The van der Waals surface area contributed by atoms with E-state index in [1.807, 2.05) is 49.4 Å². The molecule has 1 N–H and O–H groups in total. The van der Waals surface area contributed by atoms with Crippen LogP contribution in [0.1, 0.15) is 30.1 Å². The first kappa shape index (κ1) is 10.8. The Bertz CT molecular complexity index is 384. The smallest absolute Gasteiger partial charge is 0.0856 e. The van der Waals surface area contributed by atoms with Crippen LogP contribution in [0.25, 0.3) is 0 Å². The first-order chi connectivity index (χ1) is 7.79. The van der Waals surface area contributed by atoms with Crippen LogP contribution in [0.5, 0.6) is 0 Å². The monoisotopic (exact) mass is 213 g/mol. The van der Waals surface area contributed by atoms with Crippen LogP contribution < -0.4 is 0 Å². The van der Waals surface area contributed by atoms with Gasteiger partial charge in [-0.25, -0.2) is 0 Å². The third-order valence-corrected chi connectivity index (χ3v) is 2.82. The van der Waals surface area contributed by atoms with Crippen molar-refractivity contribution in [2.45, 2.75) is 18.9 Å². The number of rotatable bonds is 3. The number of hydrogen-bond donors (Lipinski definition) is 1. The predicted octanol–water partition coefficient (Wildman–Crippen LogP) is 2.92. The van der Waals surface area contributed by atoms with Crippen LogP contribution in [0.4, 0.5) is 0 Å². The van der Waals surface area contributed by atoms with Gasteiger partial charge in [-0.15, -0.1) is 0 Å². The van der Waals surface area contributed by atoms with E-state index in [0.29, 0.717) is 0 Å². The highest BCUT2D eigenvalue weighted by Gasteiger charge is 2.17. The van der Waals surface area contributed by atoms with Gasteiger partial charge < -0.3 is 5.11 Å². The number of benzene rings is 1. The van der Waals surface area contributed by atoms with E-state index in [2.05, 4.69) is 4.98 Å². The third-order valence-electron chi connectivity index (χ3n) is 2.82. The standard InChI is InChI=1S/C14H15NO/c1-11(13-8-5-9-15-10-13)14(16)12-6-3-2-4-7-12/h2-11,14,16H,1H3. The summed E-state index contributed by atoms with van der Waals surface area (Å²) in [6.07, 6.45) is 3.06. The second kappa shape index (κ2) is 4.90. The number of aliphatic hydroxyl groups is 1. The number of aliphatic hydroxyl groups excluding tert-OH is 1. The van der Waals surface area contributed by atoms with E-state index in [1.165, 1.54) is 0 Å². The molecule has 0 aliphatic heterocycles. The van der Waals surface area contributed by atoms with Crippen LogP contribution >= 0.6 is 0 Å². The summed E-state index contributed by atoms with van der Waals surface area (Å²) in [5, 5.41) is 10.2. The summed E-state index contributed by atoms with van der Waals surface area (Å²) in [5.41, 5.74) is 2.00. The summed E-state index contributed by atoms with van der Waals surface area (Å²) in [4.78, 5) is 4.07. The van der Waals surface area contributed by atoms with Crippen molar-refractivity contribution in [2.75, 3.05) is 0 Å². The van der Waals surface area contributed by atoms with Gasteiger partial charge in [-0.1, -0.05) is 43.3 Å². The lowest BCUT2D eigenvalue weighted by Crippen LogP contribution is -2.07. The maximum atomic E-state index is 10.2. The van der Waals surface area contributed by atoms with E-state index >= 15 is 0 Å². The van der Waals surface area contributed by atoms with Gasteiger partial charge >= 0.3 is 0 Å². The zero-order valence-electron chi connectivity index (χ0n) is 9.25. The molecule has 2 heteroatoms. The Kier molecular flexibility index (Phi) is 3.32. The molecule has 0 bridgehead atoms. The highest BCUT2D eigenvalue weighted by molar-refractivity contribution is 5.24. The lowest BCUT2D eigenvalue weighted by molar-refractivity contribution is 0.151. The van der Waals surface area contributed by atoms with Crippen LogP contribution in [0.15, 0.2) is 54.9 Å². The molecule has 2 unspecified atom stereocenters. The van der Waals surface area contributed by atoms with Crippen molar-refractivity contribution in [1.82, 2.24) is 4.98 Å². The van der Waals surface area contributed by atoms with E-state index in [0.717, 1.165) is 11.1 Å². The van der Waals surface area contributed by atoms with Crippen molar-refractivity contribution in [3.05, 3.63) is 66.0 Å². The summed E-state index contributed by atoms with van der Waals surface area (Å²) in [6.45, 7) is 2.01. The third kappa shape index (κ3) is 2.28. The average molecular weight is 213 g/mol. The highest BCUT2D eigenvalue weighted by atomic mass is 16.3. The van der Waals surface area contributed by atoms with Gasteiger partial charge in [-0.2, -0.15) is 0 Å². The average Bonchev–Trinajstić information content (AvgIpc) is 2.39. The molecule has 16 heavy (non-hydrogen) atoms. The lowest BCUT2D eigenvalue weighted by Gasteiger charge is -2.19. The summed E-state index contributed by atoms with van der Waals surface area (Å²) in [7, 11) is 0. The van der Waals surface area contributed by atoms with Gasteiger partial charge in [0.25, 0.3) is 0 Å². The fraction of sp³-hybridized carbons (Fsp3) is 0.214. The summed E-state index contributed by atoms with van der Waals surface area (Å²) in [6, 6.07) is 13.6. The highest BCUT2D eigenvalue weighted by Crippen LogP contribution is 2.29. The molecule has 0 amide bonds. The van der Waals surface area contributed by atoms with Gasteiger partial charge in [-0.05, 0) is 17.2 Å². The lowest BCUT2D eigenvalue weighted by atomic mass is 9.92. The number of hydrogen-bond acceptors (Lipinski definition) is 2. The van der Waals surface area contributed by atoms with Crippen molar-refractivity contribution < 1.29 is 5.11 Å². The van der Waals surface area contributed by atoms with Crippen molar-refractivity contribution >= 4 is 0 Å². The largest absolute Gasteiger partial charge is 0.388 e. The Balaban J connectivity index is 2.20. The first-order valence-electron chi connectivity index (χ1n) is 5.42. The fourth-order valence-electron chi connectivity index (χ4n) is 1.77. The molecule has 2 rings (SSSR count). The van der Waals surface area contributed by atoms with E-state index < -0.39 is 6.10 Å². The quantitative estimate of drug-likeness (QED) is 0.850. The first-order valence-corrected chi connectivity index (χ1v) is 5.42. The Morgan fingerprint density at radius 2 is 1.69 bits per heavy atom. The molecular formula is C14H15NO. The molecule has 0 spiro atoms. The summed E-state index contributed by atoms with van der Waals surface area (Å²) in [5.74, 6) is 0.0519. The van der Waals surface area contributed by atoms with Crippen molar-refractivity contribution in [3.63, 3.8) is 0 Å². The molecule has 0 saturated heterocycles. The molecule has 0 fully saturated rings. The van der Waals surface area contributed by atoms with Gasteiger partial charge in [0.05, 0.1) is 6.10 Å². The summed E-state index contributed by atoms with van der Waals surface area (Å²) < 4.78 is 0. The minimum atomic E-state index is -0.481. The van der Waals surface area contributed by atoms with Gasteiger partial charge in [0.15, 0.2) is 0 Å². The molecule has 0 saturated carbocycles. The second-order valence-electron chi connectivity index (χ2n) is 3.93. The van der Waals surface area contributed by atoms with E-state index in [4.69, 9.17) is 0 Å². The number of nitrogens with zero attached hydrogens (tertiary/aromatic N) is 1. The zero-order valence-corrected chi connectivity index (χ0v) is 9.25. The van der Waals surface area contributed by atoms with E-state index in [-0.39, 0.29) is 5.92 Å². The Hall–Kier alpha value is -1.67. The van der Waals surface area contributed by atoms with Crippen molar-refractivity contribution in [1.29, 1.82) is 0 Å². The van der Waals surface area contributed by atoms with Gasteiger partial charge in [-0.3, -0.25) is 4.98 Å². The second-order valence-corrected chi connectivity index (χ2v) is 3.93. The van der Waals surface area contributed by atoms with Crippen LogP contribution in [0.3, 0.4) is 0 Å². The van der Waals surface area contributed by atoms with Crippen LogP contribution in [0.2, 0.25) is 0 Å². The molecule has 2 aromatic rings. The van der Waals surface area contributed by atoms with Gasteiger partial charge in [0, 0.05) is 18.3 Å². The van der Waals surface area contributed by atoms with Crippen LogP contribution in [-0.4, -0.2) is 10.1 Å². The maximum absolute atomic E-state index is 10.2. The molecule has 82 valence electrons. The molecule has 0 radical (unpaired) electrons. The Morgan fingerprint density at radius 3 is 2.31 bits per heavy atom. The molecular weight excluding hydrogens is 198 g/mol. The fourth-order valence-corrected chi connectivity index (χ4v) is 1.77. The van der Waals surface area contributed by atoms with E-state index in [9.17, 15) is 5.11 Å². The van der Waals surface area contributed by atoms with Gasteiger partial charge in [0.1, 0.15) is 0 Å². The molecule has 0 aliphatic rings. The minimum Gasteiger partial charge on any atom is -0.388 e. The molecule has 1 heterocycles. The Morgan fingerprint density at radius 1 is 1.00 bits per heavy atom. The molecule has 2 nitrogen and oxygen atoms in total. The minimum absolute atomic E-state index is 0.0519. The summed E-state index contributed by atoms with van der Waals surface area (Å²) >= 11 is 0. The molecule has 0 aliphatic carbocycles. The molecule has 2 atom stereocenters. The molecule has 1 aromatic heterocycles. The van der Waals surface area contributed by atoms with Crippen LogP contribution in [-0.2, 0) is 0 Å². The van der Waals surface area contributed by atoms with Crippen molar-refractivity contribution in [3.8, 4) is 0 Å². The topological polar surface area (TPSA) is 33.1 Å². The van der Waals surface area contributed by atoms with E-state index in [1.54, 1.807) is 12.4 Å². The number of pyridine rings is 1. The Labute approximate surface area is 95.6 Å². The normalized spacial score (nSPS) is 14.4. The SMILES string of the molecule is CC(c1cccnc1)C(O)c1ccccc1. The van der Waals surface area contributed by atoms with Gasteiger partial charge in [0.2, 0.25) is 0 Å². The van der Waals surface area contributed by atoms with Crippen LogP contribution in [0, 0.1) is 0 Å². The maximum Gasteiger partial charge on any atom is 0.0856 e. The predicted molar refractivity (Wildman–Crippen MR) is 64.1 cm³/mol. The zero-order chi connectivity index (χ0) is 11.4. The number of aromatic nitrogens is 1.